The maximum Gasteiger partial charge on any atom is 0.258 e. The summed E-state index contributed by atoms with van der Waals surface area (Å²) in [6.45, 7) is 3.93. The first-order valence-corrected chi connectivity index (χ1v) is 11.3. The van der Waals surface area contributed by atoms with Gasteiger partial charge in [0.1, 0.15) is 5.82 Å². The van der Waals surface area contributed by atoms with Crippen molar-refractivity contribution in [2.24, 2.45) is 0 Å². The summed E-state index contributed by atoms with van der Waals surface area (Å²) in [6.07, 6.45) is 0. The first-order chi connectivity index (χ1) is 15.2. The standard InChI is InChI=1S/C23H21FN2O5S/c1-14-3-5-17(9-15(14)2)26-23(27)19-11-18(6-7-20(19)24)32(28,29)25-12-16-4-8-21-22(10-16)31-13-30-21/h3-11,25H,12-13H2,1-2H3,(H,26,27). The van der Waals surface area contributed by atoms with Gasteiger partial charge in [0, 0.05) is 12.2 Å². The minimum absolute atomic E-state index is 0.0134. The van der Waals surface area contributed by atoms with E-state index in [1.54, 1.807) is 30.3 Å². The van der Waals surface area contributed by atoms with Gasteiger partial charge in [-0.3, -0.25) is 4.79 Å². The Balaban J connectivity index is 1.51. The first kappa shape index (κ1) is 21.8. The van der Waals surface area contributed by atoms with Gasteiger partial charge in [0.25, 0.3) is 5.91 Å². The average molecular weight is 456 g/mol. The number of hydrogen-bond acceptors (Lipinski definition) is 5. The van der Waals surface area contributed by atoms with Crippen LogP contribution < -0.4 is 19.5 Å². The van der Waals surface area contributed by atoms with Crippen LogP contribution in [0.5, 0.6) is 11.5 Å². The van der Waals surface area contributed by atoms with Crippen LogP contribution in [-0.2, 0) is 16.6 Å². The number of carbonyl (C=O) groups is 1. The number of ether oxygens (including phenoxy) is 2. The highest BCUT2D eigenvalue weighted by atomic mass is 32.2. The molecule has 1 heterocycles. The second kappa shape index (κ2) is 8.60. The predicted octanol–water partition coefficient (Wildman–Crippen LogP) is 3.90. The molecule has 0 aromatic heterocycles. The third-order valence-corrected chi connectivity index (χ3v) is 6.56. The van der Waals surface area contributed by atoms with Gasteiger partial charge < -0.3 is 14.8 Å². The fourth-order valence-electron chi connectivity index (χ4n) is 3.18. The van der Waals surface area contributed by atoms with E-state index in [-0.39, 0.29) is 23.8 Å². The molecule has 1 aliphatic rings. The number of fused-ring (bicyclic) bond motifs is 1. The Labute approximate surface area is 185 Å². The third kappa shape index (κ3) is 4.58. The summed E-state index contributed by atoms with van der Waals surface area (Å²) in [5, 5.41) is 2.61. The van der Waals surface area contributed by atoms with Gasteiger partial charge in [0.15, 0.2) is 11.5 Å². The summed E-state index contributed by atoms with van der Waals surface area (Å²) in [5.74, 6) is -0.428. The molecular weight excluding hydrogens is 435 g/mol. The van der Waals surface area contributed by atoms with E-state index in [2.05, 4.69) is 10.0 Å². The molecule has 0 spiro atoms. The van der Waals surface area contributed by atoms with Crippen LogP contribution in [-0.4, -0.2) is 21.1 Å². The SMILES string of the molecule is Cc1ccc(NC(=O)c2cc(S(=O)(=O)NCc3ccc4c(c3)OCO4)ccc2F)cc1C. The molecule has 1 amide bonds. The summed E-state index contributed by atoms with van der Waals surface area (Å²) in [4.78, 5) is 12.4. The van der Waals surface area contributed by atoms with Crippen molar-refractivity contribution in [1.29, 1.82) is 0 Å². The summed E-state index contributed by atoms with van der Waals surface area (Å²) >= 11 is 0. The number of rotatable bonds is 6. The predicted molar refractivity (Wildman–Crippen MR) is 117 cm³/mol. The minimum Gasteiger partial charge on any atom is -0.454 e. The van der Waals surface area contributed by atoms with Crippen LogP contribution in [0.4, 0.5) is 10.1 Å². The Kier molecular flexibility index (Phi) is 5.86. The van der Waals surface area contributed by atoms with E-state index < -0.39 is 21.7 Å². The number of benzene rings is 3. The fraction of sp³-hybridized carbons (Fsp3) is 0.174. The number of amides is 1. The van der Waals surface area contributed by atoms with E-state index in [9.17, 15) is 17.6 Å². The highest BCUT2D eigenvalue weighted by Gasteiger charge is 2.20. The quantitative estimate of drug-likeness (QED) is 0.587. The number of sulfonamides is 1. The number of halogens is 1. The van der Waals surface area contributed by atoms with Gasteiger partial charge in [-0.15, -0.1) is 0 Å². The van der Waals surface area contributed by atoms with Crippen molar-refractivity contribution in [3.05, 3.63) is 82.7 Å². The number of carbonyl (C=O) groups excluding carboxylic acids is 1. The third-order valence-electron chi connectivity index (χ3n) is 5.16. The molecule has 3 aromatic carbocycles. The van der Waals surface area contributed by atoms with E-state index in [0.717, 1.165) is 29.3 Å². The summed E-state index contributed by atoms with van der Waals surface area (Å²) in [6, 6.07) is 13.5. The Morgan fingerprint density at radius 2 is 1.75 bits per heavy atom. The molecule has 0 unspecified atom stereocenters. The van der Waals surface area contributed by atoms with Gasteiger partial charge in [-0.1, -0.05) is 12.1 Å². The average Bonchev–Trinajstić information content (AvgIpc) is 3.23. The minimum atomic E-state index is -4.00. The van der Waals surface area contributed by atoms with Gasteiger partial charge in [-0.25, -0.2) is 17.5 Å². The van der Waals surface area contributed by atoms with Crippen molar-refractivity contribution in [3.8, 4) is 11.5 Å². The normalized spacial score (nSPS) is 12.6. The fourth-order valence-corrected chi connectivity index (χ4v) is 4.22. The molecule has 0 saturated heterocycles. The van der Waals surface area contributed by atoms with Crippen LogP contribution in [0.1, 0.15) is 27.0 Å². The van der Waals surface area contributed by atoms with Crippen LogP contribution in [0, 0.1) is 19.7 Å². The van der Waals surface area contributed by atoms with E-state index >= 15 is 0 Å². The Morgan fingerprint density at radius 1 is 0.969 bits per heavy atom. The van der Waals surface area contributed by atoms with Crippen LogP contribution in [0.25, 0.3) is 0 Å². The molecule has 0 fully saturated rings. The number of aryl methyl sites for hydroxylation is 2. The Morgan fingerprint density at radius 3 is 2.53 bits per heavy atom. The maximum atomic E-state index is 14.3. The van der Waals surface area contributed by atoms with Crippen LogP contribution in [0.2, 0.25) is 0 Å². The second-order valence-electron chi connectivity index (χ2n) is 7.41. The van der Waals surface area contributed by atoms with Gasteiger partial charge in [0.2, 0.25) is 16.8 Å². The molecule has 32 heavy (non-hydrogen) atoms. The van der Waals surface area contributed by atoms with Crippen molar-refractivity contribution in [3.63, 3.8) is 0 Å². The van der Waals surface area contributed by atoms with Gasteiger partial charge in [-0.05, 0) is 73.0 Å². The zero-order valence-corrected chi connectivity index (χ0v) is 18.3. The second-order valence-corrected chi connectivity index (χ2v) is 9.17. The number of hydrogen-bond donors (Lipinski definition) is 2. The van der Waals surface area contributed by atoms with Crippen molar-refractivity contribution >= 4 is 21.6 Å². The lowest BCUT2D eigenvalue weighted by Gasteiger charge is -2.11. The van der Waals surface area contributed by atoms with Crippen LogP contribution in [0.3, 0.4) is 0 Å². The Bertz CT molecular complexity index is 1310. The van der Waals surface area contributed by atoms with Crippen molar-refractivity contribution in [2.45, 2.75) is 25.3 Å². The van der Waals surface area contributed by atoms with Gasteiger partial charge in [-0.2, -0.15) is 0 Å². The monoisotopic (exact) mass is 456 g/mol. The van der Waals surface area contributed by atoms with Crippen LogP contribution >= 0.6 is 0 Å². The molecule has 166 valence electrons. The molecule has 3 aromatic rings. The molecule has 9 heteroatoms. The lowest BCUT2D eigenvalue weighted by atomic mass is 10.1. The lowest BCUT2D eigenvalue weighted by Crippen LogP contribution is -2.24. The van der Waals surface area contributed by atoms with E-state index in [0.29, 0.717) is 22.7 Å². The molecule has 0 atom stereocenters. The first-order valence-electron chi connectivity index (χ1n) is 9.79. The molecule has 2 N–H and O–H groups in total. The molecule has 0 bridgehead atoms. The van der Waals surface area contributed by atoms with Crippen LogP contribution in [0.15, 0.2) is 59.5 Å². The van der Waals surface area contributed by atoms with Crippen molar-refractivity contribution in [2.75, 3.05) is 12.1 Å². The van der Waals surface area contributed by atoms with Crippen molar-refractivity contribution in [1.82, 2.24) is 4.72 Å². The maximum absolute atomic E-state index is 14.3. The van der Waals surface area contributed by atoms with Gasteiger partial charge in [0.05, 0.1) is 10.5 Å². The molecule has 0 saturated carbocycles. The molecule has 7 nitrogen and oxygen atoms in total. The molecule has 0 radical (unpaired) electrons. The Hall–Kier alpha value is -3.43. The highest BCUT2D eigenvalue weighted by molar-refractivity contribution is 7.89. The van der Waals surface area contributed by atoms with Gasteiger partial charge >= 0.3 is 0 Å². The number of anilines is 1. The zero-order valence-electron chi connectivity index (χ0n) is 17.4. The molecule has 4 rings (SSSR count). The smallest absolute Gasteiger partial charge is 0.258 e. The molecule has 1 aliphatic heterocycles. The van der Waals surface area contributed by atoms with E-state index in [1.807, 2.05) is 19.9 Å². The molecular formula is C23H21FN2O5S. The zero-order chi connectivity index (χ0) is 22.9. The van der Waals surface area contributed by atoms with Crippen molar-refractivity contribution < 1.29 is 27.1 Å². The lowest BCUT2D eigenvalue weighted by molar-refractivity contribution is 0.102. The summed E-state index contributed by atoms with van der Waals surface area (Å²) in [7, 11) is -4.00. The molecule has 0 aliphatic carbocycles. The summed E-state index contributed by atoms with van der Waals surface area (Å²) < 4.78 is 52.8. The topological polar surface area (TPSA) is 93.7 Å². The van der Waals surface area contributed by atoms with E-state index in [1.165, 1.54) is 0 Å². The largest absolute Gasteiger partial charge is 0.454 e. The highest BCUT2D eigenvalue weighted by Crippen LogP contribution is 2.32. The van der Waals surface area contributed by atoms with E-state index in [4.69, 9.17) is 9.47 Å². The summed E-state index contributed by atoms with van der Waals surface area (Å²) in [5.41, 5.74) is 2.80. The number of nitrogens with one attached hydrogen (secondary N) is 2.